The highest BCUT2D eigenvalue weighted by Crippen LogP contribution is 2.48. The van der Waals surface area contributed by atoms with Crippen LogP contribution in [0.25, 0.3) is 138 Å². The molecule has 0 fully saturated rings. The van der Waals surface area contributed by atoms with Gasteiger partial charge < -0.3 is 13.4 Å². The molecule has 15 aromatic rings. The Bertz CT molecular complexity index is 4420. The van der Waals surface area contributed by atoms with Gasteiger partial charge in [0.25, 0.3) is 0 Å². The van der Waals surface area contributed by atoms with Crippen molar-refractivity contribution in [3.63, 3.8) is 0 Å². The number of fused-ring (bicyclic) bond motifs is 16. The van der Waals surface area contributed by atoms with Crippen LogP contribution in [-0.4, -0.2) is 23.5 Å². The van der Waals surface area contributed by atoms with Crippen LogP contribution in [0.2, 0.25) is 0 Å². The van der Waals surface area contributed by atoms with Crippen molar-refractivity contribution in [2.24, 2.45) is 0 Å². The minimum Gasteiger partial charge on any atom is -0.437 e. The number of nitrogens with zero attached hydrogens (tertiary/aromatic N) is 5. The highest BCUT2D eigenvalue weighted by atomic mass is 16.3. The van der Waals surface area contributed by atoms with E-state index >= 15 is 0 Å². The summed E-state index contributed by atoms with van der Waals surface area (Å²) in [7, 11) is 0. The summed E-state index contributed by atoms with van der Waals surface area (Å²) in [4.78, 5) is 10.9. The molecule has 0 aliphatic carbocycles. The molecule has 0 aliphatic rings. The second-order valence-corrected chi connectivity index (χ2v) is 16.9. The van der Waals surface area contributed by atoms with Gasteiger partial charge in [-0.15, -0.1) is 0 Å². The summed E-state index contributed by atoms with van der Waals surface area (Å²) < 4.78 is 13.9. The normalized spacial score (nSPS) is 12.4. The Balaban J connectivity index is 1.07. The second kappa shape index (κ2) is 12.4. The van der Waals surface area contributed by atoms with Crippen LogP contribution in [0.5, 0.6) is 0 Å². The lowest BCUT2D eigenvalue weighted by molar-refractivity contribution is 0.653. The van der Waals surface area contributed by atoms with Gasteiger partial charge in [0.05, 0.1) is 44.0 Å². The number of para-hydroxylation sites is 5. The van der Waals surface area contributed by atoms with Gasteiger partial charge >= 0.3 is 0 Å². The van der Waals surface area contributed by atoms with Crippen LogP contribution in [0, 0.1) is 0 Å². The van der Waals surface area contributed by atoms with Crippen LogP contribution in [0.1, 0.15) is 0 Å². The molecule has 64 heavy (non-hydrogen) atoms. The smallest absolute Gasteiger partial charge is 0.233 e. The lowest BCUT2D eigenvalue weighted by atomic mass is 10.0. The average Bonchev–Trinajstić information content (AvgIpc) is 4.15. The van der Waals surface area contributed by atoms with Crippen LogP contribution < -0.4 is 0 Å². The predicted octanol–water partition coefficient (Wildman–Crippen LogP) is 15.1. The summed E-state index contributed by atoms with van der Waals surface area (Å²) in [6.07, 6.45) is 0. The first-order chi connectivity index (χ1) is 31.8. The van der Waals surface area contributed by atoms with Crippen molar-refractivity contribution in [1.82, 2.24) is 23.5 Å². The van der Waals surface area contributed by atoms with Crippen molar-refractivity contribution in [2.75, 3.05) is 0 Å². The maximum Gasteiger partial charge on any atom is 0.233 e. The van der Waals surface area contributed by atoms with Gasteiger partial charge in [0.15, 0.2) is 11.6 Å². The summed E-state index contributed by atoms with van der Waals surface area (Å²) in [6.45, 7) is 0. The van der Waals surface area contributed by atoms with Crippen LogP contribution in [0.15, 0.2) is 205 Å². The lowest BCUT2D eigenvalue weighted by Crippen LogP contribution is -2.02. The molecule has 6 heteroatoms. The molecule has 6 heterocycles. The standard InChI is InChI=1S/C58H33N5O/c1-3-15-34(16-4-1)35-27-29-40-44-33-50-52(53-42-21-9-12-24-46(42)62(55(44)53)49(40)31-35)41-20-8-13-25-47(41)63(50)57-54-43-22-10-14-26-51(43)64-58(54)60-56(59-57)36-28-30-39-38-19-7-11-23-45(38)61(48(39)32-36)37-17-5-2-6-18-37/h1-33H. The molecular formula is C58H33N5O. The number of furan rings is 1. The molecule has 0 saturated heterocycles. The monoisotopic (exact) mass is 815 g/mol. The van der Waals surface area contributed by atoms with Gasteiger partial charge in [-0.25, -0.2) is 4.98 Å². The molecule has 9 aromatic carbocycles. The third kappa shape index (κ3) is 4.43. The Morgan fingerprint density at radius 2 is 0.938 bits per heavy atom. The highest BCUT2D eigenvalue weighted by Gasteiger charge is 2.27. The molecule has 6 nitrogen and oxygen atoms in total. The van der Waals surface area contributed by atoms with Gasteiger partial charge in [-0.2, -0.15) is 4.98 Å². The average molecular weight is 816 g/mol. The largest absolute Gasteiger partial charge is 0.437 e. The van der Waals surface area contributed by atoms with Crippen molar-refractivity contribution in [2.45, 2.75) is 0 Å². The summed E-state index contributed by atoms with van der Waals surface area (Å²) in [5.41, 5.74) is 13.8. The third-order valence-electron chi connectivity index (χ3n) is 13.6. The summed E-state index contributed by atoms with van der Waals surface area (Å²) in [5.74, 6) is 1.38. The Kier molecular flexibility index (Phi) is 6.59. The summed E-state index contributed by atoms with van der Waals surface area (Å²) >= 11 is 0. The molecule has 0 radical (unpaired) electrons. The Morgan fingerprint density at radius 3 is 1.73 bits per heavy atom. The first-order valence-electron chi connectivity index (χ1n) is 21.7. The van der Waals surface area contributed by atoms with Crippen LogP contribution in [0.4, 0.5) is 0 Å². The molecule has 0 N–H and O–H groups in total. The minimum absolute atomic E-state index is 0.553. The Labute approximate surface area is 364 Å². The number of hydrogen-bond donors (Lipinski definition) is 0. The zero-order chi connectivity index (χ0) is 41.6. The van der Waals surface area contributed by atoms with E-state index in [0.717, 1.165) is 55.5 Å². The molecule has 0 bridgehead atoms. The molecule has 15 rings (SSSR count). The van der Waals surface area contributed by atoms with Gasteiger partial charge in [0.2, 0.25) is 5.71 Å². The lowest BCUT2D eigenvalue weighted by Gasteiger charge is -2.12. The van der Waals surface area contributed by atoms with E-state index in [1.54, 1.807) is 0 Å². The van der Waals surface area contributed by atoms with Crippen molar-refractivity contribution < 1.29 is 4.42 Å². The van der Waals surface area contributed by atoms with Crippen LogP contribution in [-0.2, 0) is 0 Å². The molecule has 0 spiro atoms. The maximum absolute atomic E-state index is 6.70. The molecule has 0 unspecified atom stereocenters. The number of aromatic nitrogens is 5. The van der Waals surface area contributed by atoms with E-state index in [1.165, 1.54) is 70.8 Å². The van der Waals surface area contributed by atoms with Crippen molar-refractivity contribution in [3.05, 3.63) is 200 Å². The first-order valence-corrected chi connectivity index (χ1v) is 21.7. The molecular weight excluding hydrogens is 783 g/mol. The van der Waals surface area contributed by atoms with Crippen molar-refractivity contribution in [1.29, 1.82) is 0 Å². The molecule has 296 valence electrons. The zero-order valence-corrected chi connectivity index (χ0v) is 34.2. The molecule has 0 saturated carbocycles. The number of hydrogen-bond acceptors (Lipinski definition) is 3. The van der Waals surface area contributed by atoms with E-state index in [1.807, 2.05) is 12.1 Å². The number of benzene rings is 9. The van der Waals surface area contributed by atoms with E-state index in [4.69, 9.17) is 14.4 Å². The van der Waals surface area contributed by atoms with E-state index in [9.17, 15) is 0 Å². The Morgan fingerprint density at radius 1 is 0.344 bits per heavy atom. The maximum atomic E-state index is 6.70. The van der Waals surface area contributed by atoms with Crippen LogP contribution in [0.3, 0.4) is 0 Å². The fraction of sp³-hybridized carbons (Fsp3) is 0. The third-order valence-corrected chi connectivity index (χ3v) is 13.6. The highest BCUT2D eigenvalue weighted by molar-refractivity contribution is 6.36. The van der Waals surface area contributed by atoms with Crippen LogP contribution >= 0.6 is 0 Å². The van der Waals surface area contributed by atoms with Gasteiger partial charge in [-0.3, -0.25) is 4.57 Å². The van der Waals surface area contributed by atoms with E-state index < -0.39 is 0 Å². The SMILES string of the molecule is c1ccc(-c2ccc3c4cc5c(c6ccccc6n5-c5nc(-c6ccc7c8ccccc8n(-c8ccccc8)c7c6)nc6oc7ccccc7c56)c5c6ccccc6n(c3c2)c45)cc1. The Hall–Kier alpha value is -8.74. The summed E-state index contributed by atoms with van der Waals surface area (Å²) in [5, 5.41) is 11.5. The second-order valence-electron chi connectivity index (χ2n) is 16.9. The quantitative estimate of drug-likeness (QED) is 0.178. The van der Waals surface area contributed by atoms with Crippen molar-refractivity contribution in [3.8, 4) is 34.0 Å². The zero-order valence-electron chi connectivity index (χ0n) is 34.2. The molecule has 0 amide bonds. The molecule has 0 atom stereocenters. The fourth-order valence-electron chi connectivity index (χ4n) is 10.9. The van der Waals surface area contributed by atoms with Crippen molar-refractivity contribution >= 4 is 104 Å². The number of rotatable bonds is 4. The minimum atomic E-state index is 0.553. The van der Waals surface area contributed by atoms with E-state index in [0.29, 0.717) is 11.5 Å². The van der Waals surface area contributed by atoms with Gasteiger partial charge in [-0.05, 0) is 65.7 Å². The van der Waals surface area contributed by atoms with E-state index in [2.05, 4.69) is 202 Å². The van der Waals surface area contributed by atoms with Gasteiger partial charge in [-0.1, -0.05) is 146 Å². The topological polar surface area (TPSA) is 53.2 Å². The molecule has 0 aliphatic heterocycles. The molecule has 6 aromatic heterocycles. The van der Waals surface area contributed by atoms with Gasteiger partial charge in [0.1, 0.15) is 5.58 Å². The predicted molar refractivity (Wildman–Crippen MR) is 264 cm³/mol. The summed E-state index contributed by atoms with van der Waals surface area (Å²) in [6, 6.07) is 71.7. The first kappa shape index (κ1) is 33.9. The van der Waals surface area contributed by atoms with Gasteiger partial charge in [0, 0.05) is 59.7 Å². The van der Waals surface area contributed by atoms with E-state index in [-0.39, 0.29) is 0 Å². The fourth-order valence-corrected chi connectivity index (χ4v) is 10.9.